The van der Waals surface area contributed by atoms with Crippen molar-refractivity contribution in [3.63, 3.8) is 0 Å². The number of aromatic nitrogens is 2. The fraction of sp³-hybridized carbons (Fsp3) is 0. The van der Waals surface area contributed by atoms with Crippen LogP contribution in [0.15, 0.2) is 22.1 Å². The fourth-order valence-corrected chi connectivity index (χ4v) is 1.30. The Labute approximate surface area is 76.8 Å². The standard InChI is InChI=1S/C7H4N2O3S/c10-7(11)4-1-6(12-2-4)5-3-13-9-8-5/h1-3H,(H,10,11). The fourth-order valence-electron chi connectivity index (χ4n) is 0.855. The molecule has 0 saturated heterocycles. The van der Waals surface area contributed by atoms with Crippen molar-refractivity contribution in [3.8, 4) is 11.5 Å². The molecular formula is C7H4N2O3S. The van der Waals surface area contributed by atoms with Crippen molar-refractivity contribution in [2.45, 2.75) is 0 Å². The van der Waals surface area contributed by atoms with Crippen LogP contribution in [0, 0.1) is 0 Å². The minimum atomic E-state index is -1.02. The Balaban J connectivity index is 2.39. The SMILES string of the molecule is O=C(O)c1coc(-c2csnn2)c1. The first kappa shape index (κ1) is 7.93. The predicted molar refractivity (Wildman–Crippen MR) is 44.6 cm³/mol. The highest BCUT2D eigenvalue weighted by molar-refractivity contribution is 7.03. The van der Waals surface area contributed by atoms with Gasteiger partial charge in [0.1, 0.15) is 12.0 Å². The molecule has 0 radical (unpaired) electrons. The quantitative estimate of drug-likeness (QED) is 0.787. The summed E-state index contributed by atoms with van der Waals surface area (Å²) in [4.78, 5) is 10.5. The van der Waals surface area contributed by atoms with Gasteiger partial charge in [0.15, 0.2) is 5.76 Å². The molecule has 0 aromatic carbocycles. The zero-order valence-electron chi connectivity index (χ0n) is 6.30. The molecule has 6 heteroatoms. The minimum Gasteiger partial charge on any atom is -0.478 e. The Morgan fingerprint density at radius 2 is 2.46 bits per heavy atom. The van der Waals surface area contributed by atoms with Gasteiger partial charge in [-0.3, -0.25) is 0 Å². The van der Waals surface area contributed by atoms with Crippen molar-refractivity contribution in [1.29, 1.82) is 0 Å². The molecule has 0 fully saturated rings. The Morgan fingerprint density at radius 3 is 3.00 bits per heavy atom. The van der Waals surface area contributed by atoms with Gasteiger partial charge in [-0.05, 0) is 11.5 Å². The molecule has 5 nitrogen and oxygen atoms in total. The highest BCUT2D eigenvalue weighted by atomic mass is 32.1. The normalized spacial score (nSPS) is 10.2. The van der Waals surface area contributed by atoms with Crippen LogP contribution in [0.2, 0.25) is 0 Å². The number of furan rings is 1. The van der Waals surface area contributed by atoms with E-state index in [-0.39, 0.29) is 5.56 Å². The summed E-state index contributed by atoms with van der Waals surface area (Å²) >= 11 is 1.18. The lowest BCUT2D eigenvalue weighted by Gasteiger charge is -1.82. The molecule has 66 valence electrons. The molecule has 0 aliphatic heterocycles. The van der Waals surface area contributed by atoms with Crippen LogP contribution in [0.1, 0.15) is 10.4 Å². The third-order valence-corrected chi connectivity index (χ3v) is 1.96. The van der Waals surface area contributed by atoms with Crippen molar-refractivity contribution in [1.82, 2.24) is 9.59 Å². The largest absolute Gasteiger partial charge is 0.478 e. The van der Waals surface area contributed by atoms with Crippen LogP contribution in [-0.2, 0) is 0 Å². The second kappa shape index (κ2) is 2.98. The average molecular weight is 196 g/mol. The first-order chi connectivity index (χ1) is 6.27. The molecule has 2 heterocycles. The molecule has 0 unspecified atom stereocenters. The second-order valence-corrected chi connectivity index (χ2v) is 2.90. The van der Waals surface area contributed by atoms with Gasteiger partial charge in [0.2, 0.25) is 0 Å². The van der Waals surface area contributed by atoms with Crippen LogP contribution >= 0.6 is 11.5 Å². The number of hydrogen-bond acceptors (Lipinski definition) is 5. The van der Waals surface area contributed by atoms with E-state index in [1.54, 1.807) is 5.38 Å². The van der Waals surface area contributed by atoms with Crippen molar-refractivity contribution in [2.75, 3.05) is 0 Å². The lowest BCUT2D eigenvalue weighted by atomic mass is 10.3. The van der Waals surface area contributed by atoms with Gasteiger partial charge in [-0.15, -0.1) is 5.10 Å². The van der Waals surface area contributed by atoms with Crippen molar-refractivity contribution < 1.29 is 14.3 Å². The van der Waals surface area contributed by atoms with Crippen molar-refractivity contribution in [3.05, 3.63) is 23.3 Å². The lowest BCUT2D eigenvalue weighted by molar-refractivity contribution is 0.0696. The highest BCUT2D eigenvalue weighted by Crippen LogP contribution is 2.20. The van der Waals surface area contributed by atoms with E-state index < -0.39 is 5.97 Å². The van der Waals surface area contributed by atoms with Crippen LogP contribution in [-0.4, -0.2) is 20.7 Å². The van der Waals surface area contributed by atoms with E-state index in [1.807, 2.05) is 0 Å². The second-order valence-electron chi connectivity index (χ2n) is 2.29. The van der Waals surface area contributed by atoms with Gasteiger partial charge in [0.05, 0.1) is 5.56 Å². The van der Waals surface area contributed by atoms with E-state index >= 15 is 0 Å². The molecule has 0 aliphatic carbocycles. The summed E-state index contributed by atoms with van der Waals surface area (Å²) in [5.74, 6) is -0.593. The zero-order chi connectivity index (χ0) is 9.26. The maximum atomic E-state index is 10.5. The number of carbonyl (C=O) groups is 1. The topological polar surface area (TPSA) is 76.2 Å². The van der Waals surface area contributed by atoms with Gasteiger partial charge >= 0.3 is 5.97 Å². The van der Waals surface area contributed by atoms with Crippen LogP contribution in [0.25, 0.3) is 11.5 Å². The molecule has 2 rings (SSSR count). The zero-order valence-corrected chi connectivity index (χ0v) is 7.11. The Hall–Kier alpha value is -1.69. The summed E-state index contributed by atoms with van der Waals surface area (Å²) in [6.07, 6.45) is 1.18. The summed E-state index contributed by atoms with van der Waals surface area (Å²) in [5, 5.41) is 14.0. The van der Waals surface area contributed by atoms with E-state index in [4.69, 9.17) is 9.52 Å². The van der Waals surface area contributed by atoms with Crippen LogP contribution in [0.5, 0.6) is 0 Å². The molecule has 2 aromatic rings. The monoisotopic (exact) mass is 196 g/mol. The Bertz CT molecular complexity index is 421. The number of carboxylic acid groups (broad SMARTS) is 1. The van der Waals surface area contributed by atoms with Crippen molar-refractivity contribution >= 4 is 17.5 Å². The van der Waals surface area contributed by atoms with Gasteiger partial charge in [-0.1, -0.05) is 4.49 Å². The third kappa shape index (κ3) is 1.43. The Kier molecular flexibility index (Phi) is 1.82. The number of carboxylic acids is 1. The van der Waals surface area contributed by atoms with Crippen LogP contribution in [0.3, 0.4) is 0 Å². The summed E-state index contributed by atoms with van der Waals surface area (Å²) in [6, 6.07) is 1.42. The number of rotatable bonds is 2. The van der Waals surface area contributed by atoms with E-state index in [0.717, 1.165) is 0 Å². The van der Waals surface area contributed by atoms with Gasteiger partial charge in [0, 0.05) is 11.4 Å². The molecule has 0 saturated carbocycles. The number of nitrogens with zero attached hydrogens (tertiary/aromatic N) is 2. The maximum Gasteiger partial charge on any atom is 0.338 e. The van der Waals surface area contributed by atoms with E-state index in [1.165, 1.54) is 23.9 Å². The first-order valence-corrected chi connectivity index (χ1v) is 4.20. The van der Waals surface area contributed by atoms with Gasteiger partial charge < -0.3 is 9.52 Å². The molecule has 0 amide bonds. The highest BCUT2D eigenvalue weighted by Gasteiger charge is 2.10. The van der Waals surface area contributed by atoms with E-state index in [9.17, 15) is 4.79 Å². The lowest BCUT2D eigenvalue weighted by Crippen LogP contribution is -1.91. The summed E-state index contributed by atoms with van der Waals surface area (Å²) in [6.45, 7) is 0. The van der Waals surface area contributed by atoms with Gasteiger partial charge in [-0.25, -0.2) is 4.79 Å². The average Bonchev–Trinajstić information content (AvgIpc) is 2.75. The summed E-state index contributed by atoms with van der Waals surface area (Å²) in [7, 11) is 0. The number of aromatic carboxylic acids is 1. The third-order valence-electron chi connectivity index (χ3n) is 1.46. The molecular weight excluding hydrogens is 192 g/mol. The van der Waals surface area contributed by atoms with Gasteiger partial charge in [0.25, 0.3) is 0 Å². The summed E-state index contributed by atoms with van der Waals surface area (Å²) in [5.41, 5.74) is 0.667. The predicted octanol–water partition coefficient (Wildman–Crippen LogP) is 1.50. The minimum absolute atomic E-state index is 0.114. The van der Waals surface area contributed by atoms with E-state index in [2.05, 4.69) is 9.59 Å². The Morgan fingerprint density at radius 1 is 1.62 bits per heavy atom. The maximum absolute atomic E-state index is 10.5. The molecule has 2 aromatic heterocycles. The first-order valence-electron chi connectivity index (χ1n) is 3.36. The molecule has 0 atom stereocenters. The van der Waals surface area contributed by atoms with Crippen LogP contribution in [0.4, 0.5) is 0 Å². The molecule has 0 aliphatic rings. The van der Waals surface area contributed by atoms with Crippen LogP contribution < -0.4 is 0 Å². The molecule has 1 N–H and O–H groups in total. The molecule has 0 spiro atoms. The van der Waals surface area contributed by atoms with E-state index in [0.29, 0.717) is 11.5 Å². The molecule has 13 heavy (non-hydrogen) atoms. The van der Waals surface area contributed by atoms with Gasteiger partial charge in [-0.2, -0.15) is 0 Å². The smallest absolute Gasteiger partial charge is 0.338 e. The number of hydrogen-bond donors (Lipinski definition) is 1. The molecule has 0 bridgehead atoms. The van der Waals surface area contributed by atoms with Crippen molar-refractivity contribution in [2.24, 2.45) is 0 Å². The summed E-state index contributed by atoms with van der Waals surface area (Å²) < 4.78 is 8.63.